The van der Waals surface area contributed by atoms with Gasteiger partial charge in [-0.1, -0.05) is 11.6 Å². The number of amides is 2. The van der Waals surface area contributed by atoms with Crippen LogP contribution in [0.2, 0.25) is 5.02 Å². The molecule has 0 aliphatic carbocycles. The van der Waals surface area contributed by atoms with Crippen LogP contribution in [0.5, 0.6) is 0 Å². The Morgan fingerprint density at radius 3 is 2.63 bits per heavy atom. The average molecular weight is 410 g/mol. The Bertz CT molecular complexity index is 846. The Hall–Kier alpha value is -1.90. The van der Waals surface area contributed by atoms with Gasteiger partial charge in [-0.2, -0.15) is 0 Å². The smallest absolute Gasteiger partial charge is 0.254 e. The zero-order valence-electron chi connectivity index (χ0n) is 15.7. The number of hydrogen-bond acceptors (Lipinski definition) is 6. The first-order valence-electron chi connectivity index (χ1n) is 8.95. The Morgan fingerprint density at radius 1 is 1.30 bits per heavy atom. The summed E-state index contributed by atoms with van der Waals surface area (Å²) >= 11 is 7.86. The van der Waals surface area contributed by atoms with E-state index in [1.807, 2.05) is 19.9 Å². The molecule has 3 rings (SSSR count). The normalized spacial score (nSPS) is 15.4. The van der Waals surface area contributed by atoms with Crippen LogP contribution in [0.4, 0.5) is 5.82 Å². The molecule has 0 saturated carbocycles. The lowest BCUT2D eigenvalue weighted by Gasteiger charge is -2.35. The minimum Gasteiger partial charge on any atom is -0.355 e. The highest BCUT2D eigenvalue weighted by Crippen LogP contribution is 2.34. The number of halogens is 1. The Labute approximate surface area is 167 Å². The lowest BCUT2D eigenvalue weighted by molar-refractivity contribution is -0.122. The van der Waals surface area contributed by atoms with E-state index in [-0.39, 0.29) is 17.9 Å². The summed E-state index contributed by atoms with van der Waals surface area (Å²) in [7, 11) is 1.60. The molecule has 0 aromatic carbocycles. The number of rotatable bonds is 5. The van der Waals surface area contributed by atoms with Crippen LogP contribution in [-0.2, 0) is 4.79 Å². The van der Waals surface area contributed by atoms with E-state index < -0.39 is 0 Å². The summed E-state index contributed by atoms with van der Waals surface area (Å²) in [5.74, 6) is 0.653. The number of aromatic nitrogens is 1. The van der Waals surface area contributed by atoms with Crippen LogP contribution < -0.4 is 15.5 Å². The summed E-state index contributed by atoms with van der Waals surface area (Å²) in [4.78, 5) is 33.0. The number of piperazine rings is 1. The highest BCUT2D eigenvalue weighted by Gasteiger charge is 2.22. The van der Waals surface area contributed by atoms with Crippen LogP contribution in [0.25, 0.3) is 10.2 Å². The van der Waals surface area contributed by atoms with Crippen molar-refractivity contribution in [2.75, 3.05) is 44.7 Å². The van der Waals surface area contributed by atoms with Crippen LogP contribution in [0.15, 0.2) is 11.4 Å². The van der Waals surface area contributed by atoms with E-state index in [1.165, 1.54) is 11.3 Å². The largest absolute Gasteiger partial charge is 0.355 e. The van der Waals surface area contributed by atoms with Crippen molar-refractivity contribution in [2.24, 2.45) is 0 Å². The number of fused-ring (bicyclic) bond motifs is 1. The third-order valence-corrected chi connectivity index (χ3v) is 5.86. The highest BCUT2D eigenvalue weighted by atomic mass is 35.5. The summed E-state index contributed by atoms with van der Waals surface area (Å²) in [5, 5.41) is 7.96. The standard InChI is InChI=1S/C18H24ClN5O2S/c1-11(2)21-15(25)9-23-4-6-24(7-5-23)14-8-13(19)17-16(22-14)12(10-27-17)18(26)20-3/h8,10-11H,4-7,9H2,1-3H3,(H,20,26)(H,21,25). The zero-order chi connectivity index (χ0) is 19.6. The molecule has 1 saturated heterocycles. The van der Waals surface area contributed by atoms with Crippen molar-refractivity contribution in [2.45, 2.75) is 19.9 Å². The molecule has 0 spiro atoms. The quantitative estimate of drug-likeness (QED) is 0.789. The van der Waals surface area contributed by atoms with E-state index in [0.717, 1.165) is 36.7 Å². The predicted octanol–water partition coefficient (Wildman–Crippen LogP) is 1.96. The van der Waals surface area contributed by atoms with Gasteiger partial charge < -0.3 is 15.5 Å². The molecular formula is C18H24ClN5O2S. The lowest BCUT2D eigenvalue weighted by atomic mass is 10.2. The van der Waals surface area contributed by atoms with Gasteiger partial charge in [0, 0.05) is 50.7 Å². The number of thiophene rings is 1. The van der Waals surface area contributed by atoms with Gasteiger partial charge in [0.2, 0.25) is 5.91 Å². The van der Waals surface area contributed by atoms with Gasteiger partial charge in [-0.3, -0.25) is 14.5 Å². The summed E-state index contributed by atoms with van der Waals surface area (Å²) in [6.07, 6.45) is 0. The van der Waals surface area contributed by atoms with Gasteiger partial charge in [-0.15, -0.1) is 11.3 Å². The molecule has 1 fully saturated rings. The van der Waals surface area contributed by atoms with Gasteiger partial charge in [0.05, 0.1) is 27.3 Å². The van der Waals surface area contributed by atoms with Gasteiger partial charge in [-0.05, 0) is 13.8 Å². The number of nitrogens with zero attached hydrogens (tertiary/aromatic N) is 3. The minimum absolute atomic E-state index is 0.0505. The van der Waals surface area contributed by atoms with Crippen LogP contribution >= 0.6 is 22.9 Å². The molecule has 3 heterocycles. The molecule has 1 aliphatic rings. The molecule has 1 aliphatic heterocycles. The molecule has 7 nitrogen and oxygen atoms in total. The van der Waals surface area contributed by atoms with Crippen LogP contribution in [0, 0.1) is 0 Å². The summed E-state index contributed by atoms with van der Waals surface area (Å²) in [6, 6.07) is 2.01. The topological polar surface area (TPSA) is 77.6 Å². The second-order valence-corrected chi connectivity index (χ2v) is 8.14. The van der Waals surface area contributed by atoms with Gasteiger partial charge in [0.15, 0.2) is 0 Å². The van der Waals surface area contributed by atoms with Gasteiger partial charge in [-0.25, -0.2) is 4.98 Å². The monoisotopic (exact) mass is 409 g/mol. The van der Waals surface area contributed by atoms with E-state index >= 15 is 0 Å². The average Bonchev–Trinajstić information content (AvgIpc) is 3.05. The second kappa shape index (κ2) is 8.41. The first kappa shape index (κ1) is 19.9. The predicted molar refractivity (Wildman–Crippen MR) is 110 cm³/mol. The maximum absolute atomic E-state index is 12.1. The SMILES string of the molecule is CNC(=O)c1csc2c(Cl)cc(N3CCN(CC(=O)NC(C)C)CC3)nc12. The van der Waals surface area contributed by atoms with Crippen LogP contribution in [0.3, 0.4) is 0 Å². The maximum atomic E-state index is 12.1. The fraction of sp³-hybridized carbons (Fsp3) is 0.500. The molecule has 0 bridgehead atoms. The van der Waals surface area contributed by atoms with E-state index in [0.29, 0.717) is 22.6 Å². The van der Waals surface area contributed by atoms with E-state index in [9.17, 15) is 9.59 Å². The molecule has 9 heteroatoms. The number of carbonyl (C=O) groups excluding carboxylic acids is 2. The Balaban J connectivity index is 1.72. The van der Waals surface area contributed by atoms with Gasteiger partial charge in [0.1, 0.15) is 5.82 Å². The third-order valence-electron chi connectivity index (χ3n) is 4.45. The van der Waals surface area contributed by atoms with Crippen molar-refractivity contribution in [3.05, 3.63) is 22.0 Å². The number of pyridine rings is 1. The molecule has 2 aromatic rings. The first-order valence-corrected chi connectivity index (χ1v) is 10.2. The number of carbonyl (C=O) groups is 2. The van der Waals surface area contributed by atoms with Crippen LogP contribution in [0.1, 0.15) is 24.2 Å². The molecule has 0 atom stereocenters. The minimum atomic E-state index is -0.164. The molecule has 2 N–H and O–H groups in total. The molecule has 0 unspecified atom stereocenters. The van der Waals surface area contributed by atoms with Gasteiger partial charge in [0.25, 0.3) is 5.91 Å². The number of anilines is 1. The van der Waals surface area contributed by atoms with E-state index in [4.69, 9.17) is 16.6 Å². The van der Waals surface area contributed by atoms with Crippen LogP contribution in [-0.4, -0.2) is 67.5 Å². The second-order valence-electron chi connectivity index (χ2n) is 6.85. The fourth-order valence-electron chi connectivity index (χ4n) is 3.12. The van der Waals surface area contributed by atoms with Crippen molar-refractivity contribution >= 4 is 50.8 Å². The summed E-state index contributed by atoms with van der Waals surface area (Å²) in [5.41, 5.74) is 1.19. The molecular weight excluding hydrogens is 386 g/mol. The number of hydrogen-bond donors (Lipinski definition) is 2. The summed E-state index contributed by atoms with van der Waals surface area (Å²) in [6.45, 7) is 7.37. The van der Waals surface area contributed by atoms with Crippen molar-refractivity contribution in [1.82, 2.24) is 20.5 Å². The highest BCUT2D eigenvalue weighted by molar-refractivity contribution is 7.18. The van der Waals surface area contributed by atoms with Crippen molar-refractivity contribution < 1.29 is 9.59 Å². The first-order chi connectivity index (χ1) is 12.9. The molecule has 146 valence electrons. The number of nitrogens with one attached hydrogen (secondary N) is 2. The Morgan fingerprint density at radius 2 is 2.00 bits per heavy atom. The molecule has 27 heavy (non-hydrogen) atoms. The lowest BCUT2D eigenvalue weighted by Crippen LogP contribution is -2.50. The van der Waals surface area contributed by atoms with E-state index in [1.54, 1.807) is 12.4 Å². The van der Waals surface area contributed by atoms with Gasteiger partial charge >= 0.3 is 0 Å². The maximum Gasteiger partial charge on any atom is 0.254 e. The van der Waals surface area contributed by atoms with Crippen molar-refractivity contribution in [3.8, 4) is 0 Å². The zero-order valence-corrected chi connectivity index (χ0v) is 17.3. The fourth-order valence-corrected chi connectivity index (χ4v) is 4.34. The van der Waals surface area contributed by atoms with Crippen molar-refractivity contribution in [1.29, 1.82) is 0 Å². The van der Waals surface area contributed by atoms with Crippen molar-refractivity contribution in [3.63, 3.8) is 0 Å². The Kier molecular flexibility index (Phi) is 6.18. The molecule has 2 amide bonds. The third kappa shape index (κ3) is 4.51. The van der Waals surface area contributed by atoms with E-state index in [2.05, 4.69) is 20.4 Å². The molecule has 0 radical (unpaired) electrons. The molecule has 2 aromatic heterocycles. The summed E-state index contributed by atoms with van der Waals surface area (Å²) < 4.78 is 0.822.